The number of carbonyl (C=O) groups excluding carboxylic acids is 2. The van der Waals surface area contributed by atoms with Crippen LogP contribution in [0.1, 0.15) is 11.1 Å². The Bertz CT molecular complexity index is 913. The van der Waals surface area contributed by atoms with Gasteiger partial charge in [-0.25, -0.2) is 0 Å². The minimum atomic E-state index is -0.519. The topological polar surface area (TPSA) is 80.5 Å². The van der Waals surface area contributed by atoms with E-state index in [9.17, 15) is 19.7 Å². The van der Waals surface area contributed by atoms with Crippen LogP contribution in [-0.4, -0.2) is 21.0 Å². The van der Waals surface area contributed by atoms with Gasteiger partial charge in [-0.1, -0.05) is 41.9 Å². The van der Waals surface area contributed by atoms with Gasteiger partial charge >= 0.3 is 0 Å². The number of hydrogen-bond donors (Lipinski definition) is 0. The minimum Gasteiger partial charge on any atom is -0.268 e. The first-order valence-corrected chi connectivity index (χ1v) is 8.38. The molecule has 1 aliphatic rings. The molecule has 0 spiro atoms. The lowest BCUT2D eigenvalue weighted by Gasteiger charge is -2.12. The van der Waals surface area contributed by atoms with Crippen LogP contribution < -0.4 is 0 Å². The second kappa shape index (κ2) is 7.08. The van der Waals surface area contributed by atoms with Crippen molar-refractivity contribution < 1.29 is 14.5 Å². The summed E-state index contributed by atoms with van der Waals surface area (Å²) in [5.74, 6) is -0.443. The van der Waals surface area contributed by atoms with E-state index >= 15 is 0 Å². The van der Waals surface area contributed by atoms with Crippen molar-refractivity contribution in [2.24, 2.45) is 0 Å². The number of thioether (sulfide) groups is 1. The second-order valence-corrected chi connectivity index (χ2v) is 6.62. The molecule has 6 nitrogen and oxygen atoms in total. The molecule has 1 fully saturated rings. The van der Waals surface area contributed by atoms with Crippen molar-refractivity contribution in [1.29, 1.82) is 0 Å². The molecule has 2 aromatic rings. The maximum atomic E-state index is 12.5. The van der Waals surface area contributed by atoms with Crippen LogP contribution in [0.15, 0.2) is 53.4 Å². The molecular weight excluding hydrogens is 364 g/mol. The molecule has 1 aliphatic heterocycles. The van der Waals surface area contributed by atoms with E-state index in [0.29, 0.717) is 16.1 Å². The maximum absolute atomic E-state index is 12.5. The van der Waals surface area contributed by atoms with Gasteiger partial charge in [0.25, 0.3) is 16.8 Å². The number of nitro benzene ring substituents is 1. The molecule has 0 saturated carbocycles. The van der Waals surface area contributed by atoms with Crippen LogP contribution in [-0.2, 0) is 11.3 Å². The lowest BCUT2D eigenvalue weighted by Crippen LogP contribution is -2.27. The highest BCUT2D eigenvalue weighted by atomic mass is 35.5. The molecule has 0 aliphatic carbocycles. The van der Waals surface area contributed by atoms with Crippen molar-refractivity contribution in [2.75, 3.05) is 0 Å². The third-order valence-corrected chi connectivity index (χ3v) is 4.78. The Labute approximate surface area is 152 Å². The number of nitrogens with zero attached hydrogens (tertiary/aromatic N) is 2. The molecule has 25 heavy (non-hydrogen) atoms. The van der Waals surface area contributed by atoms with Gasteiger partial charge in [-0.15, -0.1) is 0 Å². The van der Waals surface area contributed by atoms with E-state index < -0.39 is 16.1 Å². The van der Waals surface area contributed by atoms with Gasteiger partial charge in [0, 0.05) is 17.2 Å². The lowest BCUT2D eigenvalue weighted by atomic mass is 10.2. The second-order valence-electron chi connectivity index (χ2n) is 5.22. The number of non-ortho nitro benzene ring substituents is 1. The molecule has 2 aromatic carbocycles. The molecule has 8 heteroatoms. The van der Waals surface area contributed by atoms with Crippen LogP contribution in [0.25, 0.3) is 6.08 Å². The first kappa shape index (κ1) is 17.2. The molecule has 0 unspecified atom stereocenters. The van der Waals surface area contributed by atoms with E-state index in [-0.39, 0.29) is 17.1 Å². The summed E-state index contributed by atoms with van der Waals surface area (Å²) in [5.41, 5.74) is 1.07. The highest BCUT2D eigenvalue weighted by Crippen LogP contribution is 2.34. The van der Waals surface area contributed by atoms with Crippen molar-refractivity contribution >= 4 is 46.3 Å². The smallest absolute Gasteiger partial charge is 0.268 e. The zero-order valence-electron chi connectivity index (χ0n) is 12.7. The third-order valence-electron chi connectivity index (χ3n) is 3.53. The van der Waals surface area contributed by atoms with Crippen LogP contribution in [0, 0.1) is 10.1 Å². The van der Waals surface area contributed by atoms with Crippen LogP contribution in [0.4, 0.5) is 10.5 Å². The average Bonchev–Trinajstić information content (AvgIpc) is 2.85. The molecule has 1 heterocycles. The summed E-state index contributed by atoms with van der Waals surface area (Å²) in [6.45, 7) is -0.0216. The summed E-state index contributed by atoms with van der Waals surface area (Å²) in [5, 5.41) is 10.9. The zero-order chi connectivity index (χ0) is 18.0. The Morgan fingerprint density at radius 2 is 1.92 bits per heavy atom. The van der Waals surface area contributed by atoms with Gasteiger partial charge in [0.15, 0.2) is 0 Å². The van der Waals surface area contributed by atoms with Crippen molar-refractivity contribution in [3.05, 3.63) is 79.7 Å². The van der Waals surface area contributed by atoms with Crippen molar-refractivity contribution in [3.63, 3.8) is 0 Å². The number of amides is 2. The van der Waals surface area contributed by atoms with E-state index in [2.05, 4.69) is 0 Å². The minimum absolute atomic E-state index is 0.0216. The van der Waals surface area contributed by atoms with Crippen molar-refractivity contribution in [1.82, 2.24) is 4.90 Å². The Morgan fingerprint density at radius 3 is 2.64 bits per heavy atom. The Kier molecular flexibility index (Phi) is 4.87. The van der Waals surface area contributed by atoms with Crippen LogP contribution in [0.5, 0.6) is 0 Å². The number of halogens is 1. The molecular formula is C17H11ClN2O4S. The molecule has 0 bridgehead atoms. The van der Waals surface area contributed by atoms with E-state index in [1.54, 1.807) is 36.4 Å². The number of nitro groups is 1. The monoisotopic (exact) mass is 374 g/mol. The van der Waals surface area contributed by atoms with E-state index in [1.807, 2.05) is 0 Å². The molecule has 1 saturated heterocycles. The summed E-state index contributed by atoms with van der Waals surface area (Å²) < 4.78 is 0. The summed E-state index contributed by atoms with van der Waals surface area (Å²) in [7, 11) is 0. The average molecular weight is 375 g/mol. The first-order valence-electron chi connectivity index (χ1n) is 7.19. The fourth-order valence-corrected chi connectivity index (χ4v) is 3.34. The summed E-state index contributed by atoms with van der Waals surface area (Å²) in [4.78, 5) is 36.3. The van der Waals surface area contributed by atoms with Gasteiger partial charge in [0.2, 0.25) is 0 Å². The van der Waals surface area contributed by atoms with Gasteiger partial charge < -0.3 is 0 Å². The Hall–Kier alpha value is -2.64. The van der Waals surface area contributed by atoms with Crippen LogP contribution >= 0.6 is 23.4 Å². The van der Waals surface area contributed by atoms with Gasteiger partial charge in [-0.3, -0.25) is 24.6 Å². The van der Waals surface area contributed by atoms with Crippen molar-refractivity contribution in [2.45, 2.75) is 6.54 Å². The quantitative estimate of drug-likeness (QED) is 0.447. The van der Waals surface area contributed by atoms with Gasteiger partial charge in [-0.2, -0.15) is 0 Å². The van der Waals surface area contributed by atoms with E-state index in [4.69, 9.17) is 11.6 Å². The molecule has 126 valence electrons. The SMILES string of the molecule is O=C1SC(=Cc2ccccc2Cl)C(=O)N1Cc1cccc([N+](=O)[O-])c1. The summed E-state index contributed by atoms with van der Waals surface area (Å²) in [6.07, 6.45) is 1.57. The van der Waals surface area contributed by atoms with E-state index in [0.717, 1.165) is 16.7 Å². The first-order chi connectivity index (χ1) is 12.0. The molecule has 0 atom stereocenters. The van der Waals surface area contributed by atoms with Crippen LogP contribution in [0.2, 0.25) is 5.02 Å². The highest BCUT2D eigenvalue weighted by Gasteiger charge is 2.35. The maximum Gasteiger partial charge on any atom is 0.293 e. The third kappa shape index (κ3) is 3.72. The number of hydrogen-bond acceptors (Lipinski definition) is 5. The zero-order valence-corrected chi connectivity index (χ0v) is 14.3. The van der Waals surface area contributed by atoms with Gasteiger partial charge in [-0.05, 0) is 35.0 Å². The van der Waals surface area contributed by atoms with Gasteiger partial charge in [0.1, 0.15) is 0 Å². The number of rotatable bonds is 4. The number of benzene rings is 2. The summed E-state index contributed by atoms with van der Waals surface area (Å²) >= 11 is 6.89. The Balaban J connectivity index is 1.84. The Morgan fingerprint density at radius 1 is 1.16 bits per heavy atom. The normalized spacial score (nSPS) is 15.9. The highest BCUT2D eigenvalue weighted by molar-refractivity contribution is 8.18. The fourth-order valence-electron chi connectivity index (χ4n) is 2.32. The lowest BCUT2D eigenvalue weighted by molar-refractivity contribution is -0.384. The molecule has 3 rings (SSSR count). The predicted octanol–water partition coefficient (Wildman–Crippen LogP) is 4.48. The molecule has 0 radical (unpaired) electrons. The van der Waals surface area contributed by atoms with Crippen molar-refractivity contribution in [3.8, 4) is 0 Å². The fraction of sp³-hybridized carbons (Fsp3) is 0.0588. The molecule has 2 amide bonds. The summed E-state index contributed by atoms with van der Waals surface area (Å²) in [6, 6.07) is 12.9. The predicted molar refractivity (Wildman–Crippen MR) is 96.1 cm³/mol. The van der Waals surface area contributed by atoms with E-state index in [1.165, 1.54) is 18.2 Å². The largest absolute Gasteiger partial charge is 0.293 e. The standard InChI is InChI=1S/C17H11ClN2O4S/c18-14-7-2-1-5-12(14)9-15-16(21)19(17(22)25-15)10-11-4-3-6-13(8-11)20(23)24/h1-9H,10H2. The van der Waals surface area contributed by atoms with Gasteiger partial charge in [0.05, 0.1) is 16.4 Å². The number of imide groups is 1. The van der Waals surface area contributed by atoms with Crippen LogP contribution in [0.3, 0.4) is 0 Å². The molecule has 0 N–H and O–H groups in total. The molecule has 0 aromatic heterocycles. The number of carbonyl (C=O) groups is 2.